The molecular formula is C13H21Cl2N3O2. The molecular weight excluding hydrogens is 301 g/mol. The fourth-order valence-electron chi connectivity index (χ4n) is 2.14. The Labute approximate surface area is 131 Å². The molecule has 7 heteroatoms. The third-order valence-corrected chi connectivity index (χ3v) is 3.61. The number of aryl methyl sites for hydroxylation is 1. The Hall–Kier alpha value is -0.880. The summed E-state index contributed by atoms with van der Waals surface area (Å²) in [5, 5.41) is 2.93. The van der Waals surface area contributed by atoms with Crippen LogP contribution in [0.25, 0.3) is 0 Å². The van der Waals surface area contributed by atoms with E-state index in [0.29, 0.717) is 32.6 Å². The molecule has 2 rings (SSSR count). The normalized spacial score (nSPS) is 16.5. The first-order valence-corrected chi connectivity index (χ1v) is 6.18. The molecule has 2 heterocycles. The SMILES string of the molecule is Cc1ccncc1NC(=O)C1(CN)CCOCC1.Cl.Cl. The van der Waals surface area contributed by atoms with Gasteiger partial charge in [0, 0.05) is 26.0 Å². The van der Waals surface area contributed by atoms with Crippen LogP contribution in [0.15, 0.2) is 18.5 Å². The lowest BCUT2D eigenvalue weighted by Gasteiger charge is -2.34. The number of ether oxygens (including phenoxy) is 1. The fraction of sp³-hybridized carbons (Fsp3) is 0.538. The molecule has 1 aliphatic heterocycles. The number of halogens is 2. The van der Waals surface area contributed by atoms with Crippen LogP contribution >= 0.6 is 24.8 Å². The molecule has 0 spiro atoms. The number of nitrogens with zero attached hydrogens (tertiary/aromatic N) is 1. The Balaban J connectivity index is 0.00000180. The molecule has 1 aliphatic rings. The third kappa shape index (κ3) is 4.06. The monoisotopic (exact) mass is 321 g/mol. The van der Waals surface area contributed by atoms with Crippen LogP contribution in [0, 0.1) is 12.3 Å². The minimum atomic E-state index is -0.499. The van der Waals surface area contributed by atoms with Crippen molar-refractivity contribution in [1.29, 1.82) is 0 Å². The summed E-state index contributed by atoms with van der Waals surface area (Å²) in [6.07, 6.45) is 4.72. The number of nitrogens with two attached hydrogens (primary N) is 1. The zero-order valence-corrected chi connectivity index (χ0v) is 13.1. The summed E-state index contributed by atoms with van der Waals surface area (Å²) < 4.78 is 5.30. The summed E-state index contributed by atoms with van der Waals surface area (Å²) in [6, 6.07) is 1.87. The Morgan fingerprint density at radius 2 is 2.10 bits per heavy atom. The molecule has 0 aromatic carbocycles. The molecule has 1 amide bonds. The molecule has 0 bridgehead atoms. The van der Waals surface area contributed by atoms with E-state index in [1.807, 2.05) is 13.0 Å². The molecule has 5 nitrogen and oxygen atoms in total. The number of hydrogen-bond donors (Lipinski definition) is 2. The van der Waals surface area contributed by atoms with Crippen molar-refractivity contribution in [3.05, 3.63) is 24.0 Å². The summed E-state index contributed by atoms with van der Waals surface area (Å²) in [4.78, 5) is 16.4. The number of rotatable bonds is 3. The van der Waals surface area contributed by atoms with Gasteiger partial charge in [0.25, 0.3) is 0 Å². The lowest BCUT2D eigenvalue weighted by atomic mass is 9.79. The van der Waals surface area contributed by atoms with Gasteiger partial charge in [-0.05, 0) is 31.4 Å². The average molecular weight is 322 g/mol. The van der Waals surface area contributed by atoms with Gasteiger partial charge in [-0.2, -0.15) is 0 Å². The molecule has 0 aliphatic carbocycles. The molecule has 0 saturated carbocycles. The van der Waals surface area contributed by atoms with E-state index in [9.17, 15) is 4.79 Å². The van der Waals surface area contributed by atoms with Crippen molar-refractivity contribution in [3.8, 4) is 0 Å². The molecule has 1 fully saturated rings. The van der Waals surface area contributed by atoms with E-state index in [1.54, 1.807) is 12.4 Å². The summed E-state index contributed by atoms with van der Waals surface area (Å²) in [6.45, 7) is 3.48. The Bertz CT molecular complexity index is 437. The van der Waals surface area contributed by atoms with E-state index in [-0.39, 0.29) is 30.7 Å². The first-order valence-electron chi connectivity index (χ1n) is 6.18. The predicted octanol–water partition coefficient (Wildman–Crippen LogP) is 1.93. The van der Waals surface area contributed by atoms with Crippen LogP contribution < -0.4 is 11.1 Å². The Morgan fingerprint density at radius 3 is 2.65 bits per heavy atom. The van der Waals surface area contributed by atoms with E-state index >= 15 is 0 Å². The second-order valence-corrected chi connectivity index (χ2v) is 4.74. The van der Waals surface area contributed by atoms with Gasteiger partial charge >= 0.3 is 0 Å². The number of hydrogen-bond acceptors (Lipinski definition) is 4. The summed E-state index contributed by atoms with van der Waals surface area (Å²) >= 11 is 0. The smallest absolute Gasteiger partial charge is 0.232 e. The van der Waals surface area contributed by atoms with Crippen LogP contribution in [-0.4, -0.2) is 30.6 Å². The molecule has 0 atom stereocenters. The largest absolute Gasteiger partial charge is 0.381 e. The van der Waals surface area contributed by atoms with Gasteiger partial charge in [-0.15, -0.1) is 24.8 Å². The molecule has 0 radical (unpaired) electrons. The van der Waals surface area contributed by atoms with Gasteiger partial charge in [-0.25, -0.2) is 0 Å². The first kappa shape index (κ1) is 19.1. The number of aromatic nitrogens is 1. The van der Waals surface area contributed by atoms with Gasteiger partial charge in [0.15, 0.2) is 0 Å². The van der Waals surface area contributed by atoms with Gasteiger partial charge in [0.05, 0.1) is 17.3 Å². The summed E-state index contributed by atoms with van der Waals surface area (Å²) in [7, 11) is 0. The lowest BCUT2D eigenvalue weighted by molar-refractivity contribution is -0.130. The first-order chi connectivity index (χ1) is 8.68. The number of carbonyl (C=O) groups is 1. The van der Waals surface area contributed by atoms with Gasteiger partial charge in [-0.1, -0.05) is 0 Å². The molecule has 1 saturated heterocycles. The fourth-order valence-corrected chi connectivity index (χ4v) is 2.14. The van der Waals surface area contributed by atoms with Crippen LogP contribution in [0.1, 0.15) is 18.4 Å². The van der Waals surface area contributed by atoms with E-state index < -0.39 is 5.41 Å². The standard InChI is InChI=1S/C13H19N3O2.2ClH/c1-10-2-5-15-8-11(10)16-12(17)13(9-14)3-6-18-7-4-13;;/h2,5,8H,3-4,6-7,9,14H2,1H3,(H,16,17);2*1H. The zero-order chi connectivity index (χ0) is 13.0. The minimum absolute atomic E-state index is 0. The molecule has 1 aromatic heterocycles. The maximum absolute atomic E-state index is 12.4. The highest BCUT2D eigenvalue weighted by Gasteiger charge is 2.38. The highest BCUT2D eigenvalue weighted by molar-refractivity contribution is 5.96. The highest BCUT2D eigenvalue weighted by Crippen LogP contribution is 2.31. The van der Waals surface area contributed by atoms with Crippen LogP contribution in [0.3, 0.4) is 0 Å². The van der Waals surface area contributed by atoms with E-state index in [4.69, 9.17) is 10.5 Å². The number of carbonyl (C=O) groups excluding carboxylic acids is 1. The number of amides is 1. The second-order valence-electron chi connectivity index (χ2n) is 4.74. The van der Waals surface area contributed by atoms with Crippen molar-refractivity contribution < 1.29 is 9.53 Å². The van der Waals surface area contributed by atoms with E-state index in [0.717, 1.165) is 11.3 Å². The van der Waals surface area contributed by atoms with E-state index in [2.05, 4.69) is 10.3 Å². The molecule has 3 N–H and O–H groups in total. The minimum Gasteiger partial charge on any atom is -0.381 e. The predicted molar refractivity (Wildman–Crippen MR) is 83.6 cm³/mol. The third-order valence-electron chi connectivity index (χ3n) is 3.61. The summed E-state index contributed by atoms with van der Waals surface area (Å²) in [5.74, 6) is -0.0237. The average Bonchev–Trinajstić information content (AvgIpc) is 2.42. The Morgan fingerprint density at radius 1 is 1.45 bits per heavy atom. The number of anilines is 1. The zero-order valence-electron chi connectivity index (χ0n) is 11.4. The van der Waals surface area contributed by atoms with Gasteiger partial charge < -0.3 is 15.8 Å². The van der Waals surface area contributed by atoms with Crippen LogP contribution in [-0.2, 0) is 9.53 Å². The highest BCUT2D eigenvalue weighted by atomic mass is 35.5. The van der Waals surface area contributed by atoms with Gasteiger partial charge in [-0.3, -0.25) is 9.78 Å². The van der Waals surface area contributed by atoms with Crippen molar-refractivity contribution >= 4 is 36.4 Å². The molecule has 0 unspecified atom stereocenters. The van der Waals surface area contributed by atoms with Crippen LogP contribution in [0.2, 0.25) is 0 Å². The van der Waals surface area contributed by atoms with Gasteiger partial charge in [0.2, 0.25) is 5.91 Å². The van der Waals surface area contributed by atoms with Crippen molar-refractivity contribution in [1.82, 2.24) is 4.98 Å². The van der Waals surface area contributed by atoms with Crippen molar-refractivity contribution in [2.45, 2.75) is 19.8 Å². The van der Waals surface area contributed by atoms with Crippen LogP contribution in [0.5, 0.6) is 0 Å². The van der Waals surface area contributed by atoms with E-state index in [1.165, 1.54) is 0 Å². The Kier molecular flexibility index (Phi) is 8.05. The van der Waals surface area contributed by atoms with Crippen molar-refractivity contribution in [2.24, 2.45) is 11.1 Å². The number of pyridine rings is 1. The maximum Gasteiger partial charge on any atom is 0.232 e. The lowest BCUT2D eigenvalue weighted by Crippen LogP contribution is -2.46. The number of nitrogens with one attached hydrogen (secondary N) is 1. The molecule has 20 heavy (non-hydrogen) atoms. The molecule has 114 valence electrons. The van der Waals surface area contributed by atoms with Crippen molar-refractivity contribution in [3.63, 3.8) is 0 Å². The quantitative estimate of drug-likeness (QED) is 0.891. The van der Waals surface area contributed by atoms with Gasteiger partial charge in [0.1, 0.15) is 0 Å². The topological polar surface area (TPSA) is 77.2 Å². The van der Waals surface area contributed by atoms with Crippen LogP contribution in [0.4, 0.5) is 5.69 Å². The summed E-state index contributed by atoms with van der Waals surface area (Å²) in [5.41, 5.74) is 7.05. The maximum atomic E-state index is 12.4. The molecule has 1 aromatic rings. The second kappa shape index (κ2) is 8.42. The van der Waals surface area contributed by atoms with Crippen molar-refractivity contribution in [2.75, 3.05) is 25.1 Å².